The van der Waals surface area contributed by atoms with Gasteiger partial charge in [-0.25, -0.2) is 9.18 Å². The number of amides is 1. The summed E-state index contributed by atoms with van der Waals surface area (Å²) in [6.07, 6.45) is -0.791. The van der Waals surface area contributed by atoms with Gasteiger partial charge >= 0.3 is 12.1 Å². The molecular weight excluding hydrogens is 385 g/mol. The largest absolute Gasteiger partial charge is 0.505 e. The lowest BCUT2D eigenvalue weighted by molar-refractivity contribution is -0.140. The minimum Gasteiger partial charge on any atom is -0.505 e. The Bertz CT molecular complexity index is 813. The lowest BCUT2D eigenvalue weighted by Crippen LogP contribution is -2.18. The van der Waals surface area contributed by atoms with E-state index in [0.717, 1.165) is 11.6 Å². The lowest BCUT2D eigenvalue weighted by Gasteiger charge is -2.19. The number of benzene rings is 2. The Balaban J connectivity index is 2.03. The summed E-state index contributed by atoms with van der Waals surface area (Å²) in [5, 5.41) is 12.0. The van der Waals surface area contributed by atoms with Crippen LogP contribution in [0.25, 0.3) is 0 Å². The van der Waals surface area contributed by atoms with E-state index >= 15 is 0 Å². The third-order valence-corrected chi connectivity index (χ3v) is 4.15. The van der Waals surface area contributed by atoms with Crippen LogP contribution < -0.4 is 5.32 Å². The van der Waals surface area contributed by atoms with Crippen molar-refractivity contribution in [1.29, 1.82) is 0 Å². The van der Waals surface area contributed by atoms with Gasteiger partial charge in [0.05, 0.1) is 12.4 Å². The van der Waals surface area contributed by atoms with Crippen LogP contribution in [0.2, 0.25) is 0 Å². The Kier molecular flexibility index (Phi) is 8.13. The van der Waals surface area contributed by atoms with Crippen molar-refractivity contribution in [2.45, 2.75) is 25.9 Å². The van der Waals surface area contributed by atoms with Crippen LogP contribution >= 0.6 is 12.6 Å². The van der Waals surface area contributed by atoms with Crippen molar-refractivity contribution in [3.05, 3.63) is 59.4 Å². The van der Waals surface area contributed by atoms with Crippen LogP contribution in [0.15, 0.2) is 42.5 Å². The molecule has 0 unspecified atom stereocenters. The van der Waals surface area contributed by atoms with Gasteiger partial charge in [0.25, 0.3) is 0 Å². The molecule has 0 radical (unpaired) electrons. The van der Waals surface area contributed by atoms with Gasteiger partial charge in [-0.3, -0.25) is 10.1 Å². The lowest BCUT2D eigenvalue weighted by atomic mass is 10.0. The molecule has 0 fully saturated rings. The van der Waals surface area contributed by atoms with Crippen molar-refractivity contribution in [2.24, 2.45) is 0 Å². The Morgan fingerprint density at radius 3 is 2.57 bits per heavy atom. The van der Waals surface area contributed by atoms with Crippen molar-refractivity contribution >= 4 is 30.4 Å². The first kappa shape index (κ1) is 21.6. The number of hydrogen-bond donors (Lipinski definition) is 3. The van der Waals surface area contributed by atoms with Gasteiger partial charge in [0.15, 0.2) is 11.6 Å². The number of esters is 1. The number of hydrogen-bond acceptors (Lipinski definition) is 6. The molecule has 0 spiro atoms. The zero-order valence-electron chi connectivity index (χ0n) is 15.4. The fraction of sp³-hybridized carbons (Fsp3) is 0.300. The number of anilines is 1. The zero-order valence-corrected chi connectivity index (χ0v) is 16.2. The summed E-state index contributed by atoms with van der Waals surface area (Å²) < 4.78 is 24.1. The third-order valence-electron chi connectivity index (χ3n) is 3.89. The van der Waals surface area contributed by atoms with Crippen molar-refractivity contribution in [3.63, 3.8) is 0 Å². The molecule has 6 nitrogen and oxygen atoms in total. The minimum absolute atomic E-state index is 0.0257. The van der Waals surface area contributed by atoms with Gasteiger partial charge in [0.1, 0.15) is 6.10 Å². The van der Waals surface area contributed by atoms with Gasteiger partial charge in [0, 0.05) is 5.69 Å². The van der Waals surface area contributed by atoms with E-state index in [9.17, 15) is 19.1 Å². The SMILES string of the molecule is Cc1ccc(NC(=O)O[C@H](CCCOC(=O)CS)c2ccc(O)c(F)c2)cc1. The molecule has 0 aromatic heterocycles. The Hall–Kier alpha value is -2.74. The molecule has 0 aliphatic heterocycles. The Morgan fingerprint density at radius 2 is 1.93 bits per heavy atom. The molecule has 2 N–H and O–H groups in total. The van der Waals surface area contributed by atoms with Crippen LogP contribution in [0.3, 0.4) is 0 Å². The Morgan fingerprint density at radius 1 is 1.21 bits per heavy atom. The Labute approximate surface area is 168 Å². The predicted molar refractivity (Wildman–Crippen MR) is 106 cm³/mol. The number of aromatic hydroxyl groups is 1. The van der Waals surface area contributed by atoms with E-state index in [0.29, 0.717) is 24.1 Å². The molecular formula is C20H22FNO5S. The first-order valence-corrected chi connectivity index (χ1v) is 9.31. The van der Waals surface area contributed by atoms with Crippen LogP contribution in [0, 0.1) is 12.7 Å². The van der Waals surface area contributed by atoms with Crippen LogP contribution in [0.5, 0.6) is 5.75 Å². The maximum absolute atomic E-state index is 13.7. The smallest absolute Gasteiger partial charge is 0.412 e. The molecule has 0 saturated carbocycles. The van der Waals surface area contributed by atoms with Crippen LogP contribution in [0.4, 0.5) is 14.9 Å². The number of carbonyl (C=O) groups is 2. The first-order valence-electron chi connectivity index (χ1n) is 8.68. The second-order valence-electron chi connectivity index (χ2n) is 6.12. The summed E-state index contributed by atoms with van der Waals surface area (Å²) in [6, 6.07) is 10.9. The summed E-state index contributed by atoms with van der Waals surface area (Å²) in [5.41, 5.74) is 2.00. The van der Waals surface area contributed by atoms with Gasteiger partial charge in [-0.05, 0) is 49.6 Å². The average molecular weight is 407 g/mol. The third kappa shape index (κ3) is 6.77. The summed E-state index contributed by atoms with van der Waals surface area (Å²) in [4.78, 5) is 23.4. The van der Waals surface area contributed by atoms with E-state index in [1.165, 1.54) is 12.1 Å². The molecule has 0 heterocycles. The first-order chi connectivity index (χ1) is 13.4. The number of ether oxygens (including phenoxy) is 2. The van der Waals surface area contributed by atoms with E-state index in [4.69, 9.17) is 9.47 Å². The molecule has 2 rings (SSSR count). The molecule has 0 saturated heterocycles. The number of thiol groups is 1. The summed E-state index contributed by atoms with van der Waals surface area (Å²) in [5.74, 6) is -1.78. The highest BCUT2D eigenvalue weighted by Crippen LogP contribution is 2.27. The topological polar surface area (TPSA) is 84.9 Å². The fourth-order valence-corrected chi connectivity index (χ4v) is 2.52. The highest BCUT2D eigenvalue weighted by Gasteiger charge is 2.19. The number of carbonyl (C=O) groups excluding carboxylic acids is 2. The number of aryl methyl sites for hydroxylation is 1. The maximum Gasteiger partial charge on any atom is 0.412 e. The van der Waals surface area contributed by atoms with E-state index in [1.807, 2.05) is 19.1 Å². The van der Waals surface area contributed by atoms with Crippen molar-refractivity contribution < 1.29 is 28.6 Å². The normalized spacial score (nSPS) is 11.5. The number of halogens is 1. The van der Waals surface area contributed by atoms with Crippen LogP contribution in [0.1, 0.15) is 30.1 Å². The zero-order chi connectivity index (χ0) is 20.5. The van der Waals surface area contributed by atoms with E-state index in [2.05, 4.69) is 17.9 Å². The van der Waals surface area contributed by atoms with Crippen molar-refractivity contribution in [3.8, 4) is 5.75 Å². The van der Waals surface area contributed by atoms with Crippen molar-refractivity contribution in [2.75, 3.05) is 17.7 Å². The van der Waals surface area contributed by atoms with Gasteiger partial charge in [-0.2, -0.15) is 12.6 Å². The molecule has 2 aromatic rings. The number of rotatable bonds is 8. The number of nitrogens with one attached hydrogen (secondary N) is 1. The van der Waals surface area contributed by atoms with E-state index in [-0.39, 0.29) is 12.4 Å². The standard InChI is InChI=1S/C20H22FNO5S/c1-13-4-7-15(8-5-13)22-20(25)27-18(3-2-10-26-19(24)12-28)14-6-9-17(23)16(21)11-14/h4-9,11,18,23,28H,2-3,10,12H2,1H3,(H,22,25)/t18-/m1/s1. The molecule has 0 aliphatic carbocycles. The minimum atomic E-state index is -0.813. The molecule has 150 valence electrons. The number of phenols is 1. The van der Waals surface area contributed by atoms with Gasteiger partial charge < -0.3 is 14.6 Å². The van der Waals surface area contributed by atoms with Gasteiger partial charge in [-0.1, -0.05) is 23.8 Å². The van der Waals surface area contributed by atoms with E-state index < -0.39 is 29.7 Å². The molecule has 1 atom stereocenters. The molecule has 0 bridgehead atoms. The predicted octanol–water partition coefficient (Wildman–Crippen LogP) is 4.38. The quantitative estimate of drug-likeness (QED) is 0.343. The van der Waals surface area contributed by atoms with Crippen LogP contribution in [-0.2, 0) is 14.3 Å². The highest BCUT2D eigenvalue weighted by molar-refractivity contribution is 7.81. The molecule has 1 amide bonds. The summed E-state index contributed by atoms with van der Waals surface area (Å²) in [6.45, 7) is 2.05. The average Bonchev–Trinajstić information content (AvgIpc) is 2.68. The maximum atomic E-state index is 13.7. The molecule has 28 heavy (non-hydrogen) atoms. The second-order valence-corrected chi connectivity index (χ2v) is 6.43. The molecule has 0 aliphatic rings. The van der Waals surface area contributed by atoms with Gasteiger partial charge in [-0.15, -0.1) is 0 Å². The second kappa shape index (κ2) is 10.6. The molecule has 8 heteroatoms. The summed E-state index contributed by atoms with van der Waals surface area (Å²) in [7, 11) is 0. The van der Waals surface area contributed by atoms with Gasteiger partial charge in [0.2, 0.25) is 0 Å². The fourth-order valence-electron chi connectivity index (χ4n) is 2.43. The summed E-state index contributed by atoms with van der Waals surface area (Å²) >= 11 is 3.82. The van der Waals surface area contributed by atoms with Crippen LogP contribution in [-0.4, -0.2) is 29.5 Å². The van der Waals surface area contributed by atoms with E-state index in [1.54, 1.807) is 12.1 Å². The van der Waals surface area contributed by atoms with Crippen molar-refractivity contribution in [1.82, 2.24) is 0 Å². The number of phenolic OH excluding ortho intramolecular Hbond substituents is 1. The monoisotopic (exact) mass is 407 g/mol. The highest BCUT2D eigenvalue weighted by atomic mass is 32.1. The molecule has 2 aromatic carbocycles.